The number of aryl methyl sites for hydroxylation is 2. The predicted octanol–water partition coefficient (Wildman–Crippen LogP) is 5.76. The van der Waals surface area contributed by atoms with Crippen molar-refractivity contribution in [2.75, 3.05) is 12.4 Å². The largest absolute Gasteiger partial charge is 0.359 e. The number of hydrogen-bond acceptors (Lipinski definition) is 2. The van der Waals surface area contributed by atoms with Crippen molar-refractivity contribution in [3.8, 4) is 0 Å². The third kappa shape index (κ3) is 5.92. The molecule has 1 rings (SSSR count). The van der Waals surface area contributed by atoms with Crippen LogP contribution in [0.1, 0.15) is 51.2 Å². The highest BCUT2D eigenvalue weighted by Gasteiger charge is 2.04. The Balaban J connectivity index is 3.00. The zero-order valence-corrected chi connectivity index (χ0v) is 14.5. The van der Waals surface area contributed by atoms with E-state index in [1.54, 1.807) is 0 Å². The Morgan fingerprint density at radius 1 is 1.32 bits per heavy atom. The van der Waals surface area contributed by atoms with Crippen molar-refractivity contribution >= 4 is 5.69 Å². The number of rotatable bonds is 8. The molecule has 0 bridgehead atoms. The van der Waals surface area contributed by atoms with Crippen LogP contribution in [0.15, 0.2) is 41.7 Å². The van der Waals surface area contributed by atoms with E-state index >= 15 is 0 Å². The van der Waals surface area contributed by atoms with E-state index in [2.05, 4.69) is 44.3 Å². The minimum atomic E-state index is 0.571. The zero-order valence-electron chi connectivity index (χ0n) is 14.5. The lowest BCUT2D eigenvalue weighted by molar-refractivity contribution is 0.128. The minimum Gasteiger partial charge on any atom is -0.359 e. The molecule has 3 heteroatoms. The normalized spacial score (nSPS) is 12.5. The molecule has 0 radical (unpaired) electrons. The molecule has 22 heavy (non-hydrogen) atoms. The molecule has 0 fully saturated rings. The number of nitrogens with zero attached hydrogens (tertiary/aromatic N) is 1. The van der Waals surface area contributed by atoms with E-state index < -0.39 is 0 Å². The Morgan fingerprint density at radius 2 is 2.05 bits per heavy atom. The van der Waals surface area contributed by atoms with Crippen LogP contribution in [-0.2, 0) is 6.42 Å². The van der Waals surface area contributed by atoms with Crippen LogP contribution in [0.5, 0.6) is 0 Å². The fourth-order valence-electron chi connectivity index (χ4n) is 2.33. The number of benzene rings is 1. The van der Waals surface area contributed by atoms with E-state index in [1.807, 2.05) is 13.0 Å². The van der Waals surface area contributed by atoms with Gasteiger partial charge in [0.05, 0.1) is 0 Å². The molecule has 0 aliphatic rings. The minimum absolute atomic E-state index is 0.571. The lowest BCUT2D eigenvalue weighted by Crippen LogP contribution is -2.04. The lowest BCUT2D eigenvalue weighted by Gasteiger charge is -2.15. The van der Waals surface area contributed by atoms with Gasteiger partial charge in [-0.05, 0) is 68.0 Å². The summed E-state index contributed by atoms with van der Waals surface area (Å²) in [6.07, 6.45) is 7.51. The number of halogens is 1. The van der Waals surface area contributed by atoms with Crippen molar-refractivity contribution in [3.63, 3.8) is 0 Å². The fraction of sp³-hybridized carbons (Fsp3) is 0.474. The molecule has 1 aromatic rings. The van der Waals surface area contributed by atoms with Gasteiger partial charge in [-0.3, -0.25) is 0 Å². The maximum absolute atomic E-state index is 12.9. The molecule has 0 spiro atoms. The van der Waals surface area contributed by atoms with Gasteiger partial charge < -0.3 is 5.32 Å². The summed E-state index contributed by atoms with van der Waals surface area (Å²) in [5, 5.41) is 4.10. The van der Waals surface area contributed by atoms with Crippen molar-refractivity contribution < 1.29 is 4.48 Å². The van der Waals surface area contributed by atoms with Crippen molar-refractivity contribution in [1.29, 1.82) is 0 Å². The maximum Gasteiger partial charge on any atom is 0.0387 e. The average Bonchev–Trinajstić information content (AvgIpc) is 2.50. The predicted molar refractivity (Wildman–Crippen MR) is 94.4 cm³/mol. The molecule has 1 aromatic carbocycles. The molecular weight excluding hydrogens is 275 g/mol. The summed E-state index contributed by atoms with van der Waals surface area (Å²) in [6.45, 7) is 8.51. The fourth-order valence-corrected chi connectivity index (χ4v) is 2.33. The summed E-state index contributed by atoms with van der Waals surface area (Å²) in [5.41, 5.74) is 6.01. The van der Waals surface area contributed by atoms with E-state index in [0.717, 1.165) is 42.6 Å². The molecule has 0 saturated carbocycles. The van der Waals surface area contributed by atoms with Crippen molar-refractivity contribution in [1.82, 2.24) is 5.12 Å². The third-order valence-electron chi connectivity index (χ3n) is 3.81. The Morgan fingerprint density at radius 3 is 2.64 bits per heavy atom. The van der Waals surface area contributed by atoms with Crippen LogP contribution in [0.4, 0.5) is 10.2 Å². The highest BCUT2D eigenvalue weighted by atomic mass is 19.2. The first-order valence-electron chi connectivity index (χ1n) is 8.11. The van der Waals surface area contributed by atoms with E-state index in [9.17, 15) is 4.48 Å². The van der Waals surface area contributed by atoms with Gasteiger partial charge in [-0.2, -0.15) is 0 Å². The van der Waals surface area contributed by atoms with E-state index in [1.165, 1.54) is 24.4 Å². The summed E-state index contributed by atoms with van der Waals surface area (Å²) in [6, 6.07) is 6.47. The van der Waals surface area contributed by atoms with Crippen molar-refractivity contribution in [2.24, 2.45) is 0 Å². The van der Waals surface area contributed by atoms with Gasteiger partial charge in [-0.25, -0.2) is 5.12 Å². The molecule has 0 aliphatic carbocycles. The van der Waals surface area contributed by atoms with Gasteiger partial charge in [-0.1, -0.05) is 26.3 Å². The number of nitrogens with one attached hydrogen (secondary N) is 1. The van der Waals surface area contributed by atoms with Gasteiger partial charge in [0.15, 0.2) is 0 Å². The molecule has 0 atom stereocenters. The summed E-state index contributed by atoms with van der Waals surface area (Å²) in [7, 11) is 1.39. The summed E-state index contributed by atoms with van der Waals surface area (Å²) in [5.74, 6) is 0. The van der Waals surface area contributed by atoms with Crippen molar-refractivity contribution in [2.45, 2.75) is 53.4 Å². The molecule has 122 valence electrons. The van der Waals surface area contributed by atoms with Crippen LogP contribution >= 0.6 is 0 Å². The van der Waals surface area contributed by atoms with Gasteiger partial charge in [0.25, 0.3) is 0 Å². The van der Waals surface area contributed by atoms with E-state index in [-0.39, 0.29) is 0 Å². The molecule has 0 aliphatic heterocycles. The van der Waals surface area contributed by atoms with Crippen LogP contribution in [0.3, 0.4) is 0 Å². The molecule has 0 aromatic heterocycles. The van der Waals surface area contributed by atoms with Gasteiger partial charge in [0, 0.05) is 24.6 Å². The molecule has 0 amide bonds. The quantitative estimate of drug-likeness (QED) is 0.485. The number of hydrogen-bond donors (Lipinski definition) is 1. The topological polar surface area (TPSA) is 15.3 Å². The van der Waals surface area contributed by atoms with Crippen LogP contribution in [-0.4, -0.2) is 12.2 Å². The maximum atomic E-state index is 12.9. The third-order valence-corrected chi connectivity index (χ3v) is 3.81. The van der Waals surface area contributed by atoms with E-state index in [4.69, 9.17) is 0 Å². The van der Waals surface area contributed by atoms with Crippen LogP contribution < -0.4 is 5.32 Å². The van der Waals surface area contributed by atoms with Gasteiger partial charge in [-0.15, -0.1) is 4.48 Å². The van der Waals surface area contributed by atoms with Crippen LogP contribution in [0.2, 0.25) is 0 Å². The highest BCUT2D eigenvalue weighted by molar-refractivity contribution is 5.53. The van der Waals surface area contributed by atoms with Crippen molar-refractivity contribution in [3.05, 3.63) is 52.9 Å². The number of anilines is 1. The molecular formula is C19H29FN2. The Hall–Kier alpha value is -1.77. The van der Waals surface area contributed by atoms with Gasteiger partial charge in [0.1, 0.15) is 0 Å². The second-order valence-corrected chi connectivity index (χ2v) is 5.73. The number of allylic oxidation sites excluding steroid dienone is 3. The first-order chi connectivity index (χ1) is 10.5. The second-order valence-electron chi connectivity index (χ2n) is 5.73. The SMILES string of the molecule is CCCC/C(Nc1ccc(C)c(CC)c1)=C(C)/C=C\N(C)F. The highest BCUT2D eigenvalue weighted by Crippen LogP contribution is 2.21. The monoisotopic (exact) mass is 304 g/mol. The smallest absolute Gasteiger partial charge is 0.0387 e. The molecule has 0 heterocycles. The second kappa shape index (κ2) is 9.29. The van der Waals surface area contributed by atoms with Gasteiger partial charge in [0.2, 0.25) is 0 Å². The summed E-state index contributed by atoms with van der Waals surface area (Å²) >= 11 is 0. The van der Waals surface area contributed by atoms with Crippen LogP contribution in [0, 0.1) is 6.92 Å². The number of unbranched alkanes of at least 4 members (excludes halogenated alkanes) is 1. The average molecular weight is 304 g/mol. The molecule has 0 saturated heterocycles. The first kappa shape index (κ1) is 18.3. The molecule has 2 nitrogen and oxygen atoms in total. The summed E-state index contributed by atoms with van der Waals surface area (Å²) in [4.78, 5) is 0. The summed E-state index contributed by atoms with van der Waals surface area (Å²) < 4.78 is 12.9. The first-order valence-corrected chi connectivity index (χ1v) is 8.11. The molecule has 0 unspecified atom stereocenters. The lowest BCUT2D eigenvalue weighted by atomic mass is 10.0. The van der Waals surface area contributed by atoms with Gasteiger partial charge >= 0.3 is 0 Å². The Labute approximate surface area is 134 Å². The Bertz CT molecular complexity index is 530. The zero-order chi connectivity index (χ0) is 16.5. The van der Waals surface area contributed by atoms with E-state index in [0.29, 0.717) is 5.12 Å². The standard InChI is InChI=1S/C19H29FN2/c1-6-8-9-19(16(4)12-13-22(5)20)21-18-11-10-15(3)17(7-2)14-18/h10-14,21H,6-9H2,1-5H3/b13-12-,19-16-. The molecule has 1 N–H and O–H groups in total. The van der Waals surface area contributed by atoms with Crippen LogP contribution in [0.25, 0.3) is 0 Å². The Kier molecular flexibility index (Phi) is 7.72.